The normalized spacial score (nSPS) is 11.9. The van der Waals surface area contributed by atoms with Crippen molar-refractivity contribution in [3.05, 3.63) is 106 Å². The van der Waals surface area contributed by atoms with Gasteiger partial charge in [-0.1, -0.05) is 42.5 Å². The maximum atomic E-state index is 14.0. The first-order valence-corrected chi connectivity index (χ1v) is 9.32. The Bertz CT molecular complexity index is 1270. The molecular formula is C23H18FN3O3. The van der Waals surface area contributed by atoms with E-state index < -0.39 is 23.4 Å². The van der Waals surface area contributed by atoms with Gasteiger partial charge < -0.3 is 10.4 Å². The van der Waals surface area contributed by atoms with Gasteiger partial charge in [0.15, 0.2) is 0 Å². The van der Waals surface area contributed by atoms with E-state index in [1.165, 1.54) is 42.7 Å². The molecule has 0 saturated heterocycles. The Morgan fingerprint density at radius 3 is 2.57 bits per heavy atom. The molecule has 0 saturated carbocycles. The summed E-state index contributed by atoms with van der Waals surface area (Å²) in [7, 11) is 0. The predicted molar refractivity (Wildman–Crippen MR) is 111 cm³/mol. The number of aliphatic hydroxyl groups is 1. The number of halogens is 1. The van der Waals surface area contributed by atoms with E-state index >= 15 is 0 Å². The van der Waals surface area contributed by atoms with E-state index in [-0.39, 0.29) is 17.6 Å². The summed E-state index contributed by atoms with van der Waals surface area (Å²) in [5.74, 6) is -0.930. The van der Waals surface area contributed by atoms with E-state index in [9.17, 15) is 19.1 Å². The van der Waals surface area contributed by atoms with E-state index in [1.807, 2.05) is 18.2 Å². The maximum Gasteiger partial charge on any atom is 0.265 e. The average Bonchev–Trinajstić information content (AvgIpc) is 2.78. The Morgan fingerprint density at radius 1 is 1.07 bits per heavy atom. The van der Waals surface area contributed by atoms with Gasteiger partial charge in [0.05, 0.1) is 22.7 Å². The highest BCUT2D eigenvalue weighted by Crippen LogP contribution is 2.15. The van der Waals surface area contributed by atoms with Gasteiger partial charge in [-0.25, -0.2) is 9.37 Å². The molecule has 1 aromatic heterocycles. The van der Waals surface area contributed by atoms with E-state index in [4.69, 9.17) is 0 Å². The summed E-state index contributed by atoms with van der Waals surface area (Å²) in [5, 5.41) is 13.1. The lowest BCUT2D eigenvalue weighted by atomic mass is 10.1. The Hall–Kier alpha value is -3.84. The summed E-state index contributed by atoms with van der Waals surface area (Å²) < 4.78 is 15.2. The second-order valence-corrected chi connectivity index (χ2v) is 6.74. The number of carbonyl (C=O) groups is 1. The summed E-state index contributed by atoms with van der Waals surface area (Å²) in [5.41, 5.74) is 0.999. The van der Waals surface area contributed by atoms with E-state index in [1.54, 1.807) is 18.2 Å². The summed E-state index contributed by atoms with van der Waals surface area (Å²) >= 11 is 0. The van der Waals surface area contributed by atoms with Crippen molar-refractivity contribution in [2.75, 3.05) is 6.54 Å². The molecule has 0 aliphatic heterocycles. The fourth-order valence-corrected chi connectivity index (χ4v) is 3.17. The fourth-order valence-electron chi connectivity index (χ4n) is 3.17. The molecule has 0 radical (unpaired) electrons. The van der Waals surface area contributed by atoms with Gasteiger partial charge in [-0.15, -0.1) is 0 Å². The number of amides is 1. The molecule has 3 aromatic carbocycles. The van der Waals surface area contributed by atoms with Crippen molar-refractivity contribution >= 4 is 16.8 Å². The number of carbonyl (C=O) groups excluding carboxylic acids is 1. The highest BCUT2D eigenvalue weighted by atomic mass is 19.1. The van der Waals surface area contributed by atoms with Crippen LogP contribution in [0, 0.1) is 5.82 Å². The third-order valence-electron chi connectivity index (χ3n) is 4.77. The van der Waals surface area contributed by atoms with Crippen LogP contribution in [0.1, 0.15) is 22.0 Å². The van der Waals surface area contributed by atoms with Crippen molar-refractivity contribution in [2.45, 2.75) is 6.10 Å². The number of aromatic nitrogens is 2. The van der Waals surface area contributed by atoms with Gasteiger partial charge in [-0.2, -0.15) is 0 Å². The van der Waals surface area contributed by atoms with Gasteiger partial charge in [0.1, 0.15) is 12.1 Å². The smallest absolute Gasteiger partial charge is 0.265 e. The molecule has 1 atom stereocenters. The molecule has 1 unspecified atom stereocenters. The van der Waals surface area contributed by atoms with Crippen molar-refractivity contribution in [3.63, 3.8) is 0 Å². The molecule has 0 bridgehead atoms. The van der Waals surface area contributed by atoms with Crippen LogP contribution in [0.25, 0.3) is 16.6 Å². The van der Waals surface area contributed by atoms with Crippen LogP contribution < -0.4 is 10.9 Å². The summed E-state index contributed by atoms with van der Waals surface area (Å²) in [6.45, 7) is 0.0448. The topological polar surface area (TPSA) is 84.2 Å². The monoisotopic (exact) mass is 403 g/mol. The number of nitrogens with one attached hydrogen (secondary N) is 1. The molecule has 0 aliphatic rings. The SMILES string of the molecule is O=C(NCC(O)c1ccccc1)c1ccc2c(=O)n(-c3ccccc3F)cnc2c1. The van der Waals surface area contributed by atoms with E-state index in [2.05, 4.69) is 10.3 Å². The number of fused-ring (bicyclic) bond motifs is 1. The van der Waals surface area contributed by atoms with E-state index in [0.717, 1.165) is 4.57 Å². The van der Waals surface area contributed by atoms with Crippen LogP contribution in [0.2, 0.25) is 0 Å². The molecule has 0 fully saturated rings. The molecule has 4 rings (SSSR count). The van der Waals surface area contributed by atoms with Gasteiger partial charge >= 0.3 is 0 Å². The van der Waals surface area contributed by atoms with Crippen LogP contribution in [0.4, 0.5) is 4.39 Å². The quantitative estimate of drug-likeness (QED) is 0.537. The number of benzene rings is 3. The van der Waals surface area contributed by atoms with Gasteiger partial charge in [0.25, 0.3) is 11.5 Å². The zero-order chi connectivity index (χ0) is 21.1. The predicted octanol–water partition coefficient (Wildman–Crippen LogP) is 2.99. The first kappa shape index (κ1) is 19.5. The average molecular weight is 403 g/mol. The number of rotatable bonds is 5. The maximum absolute atomic E-state index is 14.0. The van der Waals surface area contributed by atoms with Crippen LogP contribution in [0.5, 0.6) is 0 Å². The number of hydrogen-bond donors (Lipinski definition) is 2. The standard InChI is InChI=1S/C23H18FN3O3/c24-18-8-4-5-9-20(18)27-14-26-19-12-16(10-11-17(19)23(27)30)22(29)25-13-21(28)15-6-2-1-3-7-15/h1-12,14,21,28H,13H2,(H,25,29). The van der Waals surface area contributed by atoms with Crippen LogP contribution in [-0.4, -0.2) is 27.1 Å². The van der Waals surface area contributed by atoms with Gasteiger partial charge in [-0.3, -0.25) is 14.2 Å². The Balaban J connectivity index is 1.56. The first-order chi connectivity index (χ1) is 14.5. The number of para-hydroxylation sites is 1. The van der Waals surface area contributed by atoms with Crippen LogP contribution in [0.15, 0.2) is 83.9 Å². The number of hydrogen-bond acceptors (Lipinski definition) is 4. The number of nitrogens with zero attached hydrogens (tertiary/aromatic N) is 2. The van der Waals surface area contributed by atoms with Crippen molar-refractivity contribution in [1.82, 2.24) is 14.9 Å². The van der Waals surface area contributed by atoms with Crippen LogP contribution >= 0.6 is 0 Å². The second kappa shape index (κ2) is 8.26. The molecule has 150 valence electrons. The Kier molecular flexibility index (Phi) is 5.36. The van der Waals surface area contributed by atoms with E-state index in [0.29, 0.717) is 16.6 Å². The molecule has 0 spiro atoms. The minimum atomic E-state index is -0.832. The Morgan fingerprint density at radius 2 is 1.80 bits per heavy atom. The molecule has 30 heavy (non-hydrogen) atoms. The first-order valence-electron chi connectivity index (χ1n) is 9.32. The highest BCUT2D eigenvalue weighted by Gasteiger charge is 2.14. The van der Waals surface area contributed by atoms with Gasteiger partial charge in [-0.05, 0) is 35.9 Å². The third-order valence-corrected chi connectivity index (χ3v) is 4.77. The fraction of sp³-hybridized carbons (Fsp3) is 0.0870. The zero-order valence-electron chi connectivity index (χ0n) is 15.8. The molecular weight excluding hydrogens is 385 g/mol. The minimum Gasteiger partial charge on any atom is -0.387 e. The van der Waals surface area contributed by atoms with Gasteiger partial charge in [0, 0.05) is 12.1 Å². The highest BCUT2D eigenvalue weighted by molar-refractivity contribution is 5.97. The molecule has 0 aliphatic carbocycles. The van der Waals surface area contributed by atoms with Crippen LogP contribution in [-0.2, 0) is 0 Å². The van der Waals surface area contributed by atoms with Crippen molar-refractivity contribution in [3.8, 4) is 5.69 Å². The zero-order valence-corrected chi connectivity index (χ0v) is 15.8. The van der Waals surface area contributed by atoms with Crippen LogP contribution in [0.3, 0.4) is 0 Å². The molecule has 2 N–H and O–H groups in total. The second-order valence-electron chi connectivity index (χ2n) is 6.74. The lowest BCUT2D eigenvalue weighted by Gasteiger charge is -2.12. The summed E-state index contributed by atoms with van der Waals surface area (Å²) in [6.07, 6.45) is 0.408. The lowest BCUT2D eigenvalue weighted by Crippen LogP contribution is -2.28. The molecule has 7 heteroatoms. The molecule has 4 aromatic rings. The molecule has 6 nitrogen and oxygen atoms in total. The minimum absolute atomic E-state index is 0.0448. The summed E-state index contributed by atoms with van der Waals surface area (Å²) in [6, 6.07) is 19.4. The third kappa shape index (κ3) is 3.83. The largest absolute Gasteiger partial charge is 0.387 e. The van der Waals surface area contributed by atoms with Gasteiger partial charge in [0.2, 0.25) is 0 Å². The number of aliphatic hydroxyl groups excluding tert-OH is 1. The molecule has 1 heterocycles. The molecule has 1 amide bonds. The van der Waals surface area contributed by atoms with Crippen molar-refractivity contribution in [2.24, 2.45) is 0 Å². The lowest BCUT2D eigenvalue weighted by molar-refractivity contribution is 0.0916. The Labute approximate surface area is 171 Å². The summed E-state index contributed by atoms with van der Waals surface area (Å²) in [4.78, 5) is 29.4. The van der Waals surface area contributed by atoms with Crippen molar-refractivity contribution in [1.29, 1.82) is 0 Å². The van der Waals surface area contributed by atoms with Crippen molar-refractivity contribution < 1.29 is 14.3 Å².